The van der Waals surface area contributed by atoms with E-state index in [1.54, 1.807) is 13.3 Å². The van der Waals surface area contributed by atoms with Crippen molar-refractivity contribution in [3.63, 3.8) is 0 Å². The fourth-order valence-corrected chi connectivity index (χ4v) is 2.45. The van der Waals surface area contributed by atoms with Crippen LogP contribution in [-0.2, 0) is 13.6 Å². The quantitative estimate of drug-likeness (QED) is 0.804. The molecular formula is C17H17N3O2. The molecule has 0 aliphatic rings. The first kappa shape index (κ1) is 14.1. The van der Waals surface area contributed by atoms with Crippen LogP contribution in [0.25, 0.3) is 10.9 Å². The number of amides is 1. The van der Waals surface area contributed by atoms with Gasteiger partial charge in [-0.25, -0.2) is 0 Å². The Morgan fingerprint density at radius 1 is 1.32 bits per heavy atom. The van der Waals surface area contributed by atoms with Gasteiger partial charge in [0.15, 0.2) is 0 Å². The highest BCUT2D eigenvalue weighted by atomic mass is 16.5. The summed E-state index contributed by atoms with van der Waals surface area (Å²) in [5.74, 6) is 0.613. The highest BCUT2D eigenvalue weighted by Crippen LogP contribution is 2.25. The summed E-state index contributed by atoms with van der Waals surface area (Å²) >= 11 is 0. The molecular weight excluding hydrogens is 278 g/mol. The van der Waals surface area contributed by atoms with E-state index in [1.807, 2.05) is 54.2 Å². The molecule has 3 rings (SSSR count). The van der Waals surface area contributed by atoms with Crippen LogP contribution in [0.5, 0.6) is 5.75 Å². The Morgan fingerprint density at radius 3 is 2.91 bits per heavy atom. The summed E-state index contributed by atoms with van der Waals surface area (Å²) in [5, 5.41) is 3.78. The van der Waals surface area contributed by atoms with Crippen molar-refractivity contribution in [2.45, 2.75) is 6.54 Å². The predicted molar refractivity (Wildman–Crippen MR) is 84.9 cm³/mol. The number of carbonyl (C=O) groups excluding carboxylic acids is 1. The van der Waals surface area contributed by atoms with Crippen LogP contribution in [0, 0.1) is 0 Å². The normalized spacial score (nSPS) is 10.6. The van der Waals surface area contributed by atoms with Gasteiger partial charge in [-0.05, 0) is 30.3 Å². The number of benzene rings is 1. The largest absolute Gasteiger partial charge is 0.497 e. The van der Waals surface area contributed by atoms with Gasteiger partial charge in [0.1, 0.15) is 5.75 Å². The van der Waals surface area contributed by atoms with Gasteiger partial charge >= 0.3 is 0 Å². The second-order valence-corrected chi connectivity index (χ2v) is 5.04. The van der Waals surface area contributed by atoms with Gasteiger partial charge in [-0.1, -0.05) is 6.07 Å². The molecule has 5 nitrogen and oxygen atoms in total. The van der Waals surface area contributed by atoms with E-state index < -0.39 is 0 Å². The summed E-state index contributed by atoms with van der Waals surface area (Å²) in [6, 6.07) is 11.3. The lowest BCUT2D eigenvalue weighted by Crippen LogP contribution is -2.23. The smallest absolute Gasteiger partial charge is 0.253 e. The summed E-state index contributed by atoms with van der Waals surface area (Å²) in [6.45, 7) is 0.403. The average molecular weight is 295 g/mol. The molecule has 2 aromatic heterocycles. The van der Waals surface area contributed by atoms with Crippen molar-refractivity contribution in [2.75, 3.05) is 7.11 Å². The maximum Gasteiger partial charge on any atom is 0.253 e. The zero-order valence-corrected chi connectivity index (χ0v) is 12.5. The van der Waals surface area contributed by atoms with Crippen molar-refractivity contribution in [3.05, 3.63) is 60.0 Å². The van der Waals surface area contributed by atoms with E-state index in [0.29, 0.717) is 12.1 Å². The van der Waals surface area contributed by atoms with Crippen LogP contribution in [-0.4, -0.2) is 22.6 Å². The van der Waals surface area contributed by atoms with Gasteiger partial charge in [-0.2, -0.15) is 0 Å². The van der Waals surface area contributed by atoms with E-state index in [2.05, 4.69) is 10.3 Å². The van der Waals surface area contributed by atoms with Crippen LogP contribution >= 0.6 is 0 Å². The van der Waals surface area contributed by atoms with Gasteiger partial charge in [0, 0.05) is 30.3 Å². The summed E-state index contributed by atoms with van der Waals surface area (Å²) in [7, 11) is 3.54. The van der Waals surface area contributed by atoms with Gasteiger partial charge in [-0.15, -0.1) is 0 Å². The van der Waals surface area contributed by atoms with E-state index in [0.717, 1.165) is 22.3 Å². The number of nitrogens with one attached hydrogen (secondary N) is 1. The molecule has 1 N–H and O–H groups in total. The number of aromatic nitrogens is 2. The number of hydrogen-bond acceptors (Lipinski definition) is 3. The van der Waals surface area contributed by atoms with E-state index in [9.17, 15) is 4.79 Å². The topological polar surface area (TPSA) is 56.1 Å². The molecule has 0 aliphatic heterocycles. The van der Waals surface area contributed by atoms with Crippen molar-refractivity contribution in [1.29, 1.82) is 0 Å². The molecule has 3 aromatic rings. The number of ether oxygens (including phenoxy) is 1. The van der Waals surface area contributed by atoms with Crippen LogP contribution < -0.4 is 10.1 Å². The van der Waals surface area contributed by atoms with Crippen LogP contribution in [0.2, 0.25) is 0 Å². The van der Waals surface area contributed by atoms with Gasteiger partial charge in [0.2, 0.25) is 0 Å². The van der Waals surface area contributed by atoms with Gasteiger partial charge in [0.25, 0.3) is 5.91 Å². The SMILES string of the molecule is COc1ccc2c(c1)c(C(=O)NCc1ccccn1)cn2C. The van der Waals surface area contributed by atoms with Gasteiger partial charge in [0.05, 0.1) is 24.9 Å². The molecule has 5 heteroatoms. The number of methoxy groups -OCH3 is 1. The Kier molecular flexibility index (Phi) is 3.78. The van der Waals surface area contributed by atoms with Crippen molar-refractivity contribution in [1.82, 2.24) is 14.9 Å². The summed E-state index contributed by atoms with van der Waals surface area (Å²) in [6.07, 6.45) is 3.54. The number of hydrogen-bond donors (Lipinski definition) is 1. The Hall–Kier alpha value is -2.82. The first-order valence-corrected chi connectivity index (χ1v) is 7.00. The van der Waals surface area contributed by atoms with Crippen molar-refractivity contribution < 1.29 is 9.53 Å². The van der Waals surface area contributed by atoms with E-state index in [4.69, 9.17) is 4.74 Å². The highest BCUT2D eigenvalue weighted by molar-refractivity contribution is 6.07. The number of carbonyl (C=O) groups is 1. The van der Waals surface area contributed by atoms with Crippen molar-refractivity contribution in [3.8, 4) is 5.75 Å². The summed E-state index contributed by atoms with van der Waals surface area (Å²) in [4.78, 5) is 16.7. The number of aryl methyl sites for hydroxylation is 1. The van der Waals surface area contributed by atoms with E-state index in [1.165, 1.54) is 0 Å². The first-order chi connectivity index (χ1) is 10.7. The second kappa shape index (κ2) is 5.89. The minimum absolute atomic E-state index is 0.121. The number of rotatable bonds is 4. The third-order valence-corrected chi connectivity index (χ3v) is 3.60. The monoisotopic (exact) mass is 295 g/mol. The molecule has 0 fully saturated rings. The Bertz CT molecular complexity index is 809. The predicted octanol–water partition coefficient (Wildman–Crippen LogP) is 2.51. The second-order valence-electron chi connectivity index (χ2n) is 5.04. The minimum Gasteiger partial charge on any atom is -0.497 e. The van der Waals surface area contributed by atoms with E-state index in [-0.39, 0.29) is 5.91 Å². The molecule has 2 heterocycles. The molecule has 0 aliphatic carbocycles. The number of pyridine rings is 1. The maximum absolute atomic E-state index is 12.5. The molecule has 1 amide bonds. The Morgan fingerprint density at radius 2 is 2.18 bits per heavy atom. The zero-order valence-electron chi connectivity index (χ0n) is 12.5. The third-order valence-electron chi connectivity index (χ3n) is 3.60. The van der Waals surface area contributed by atoms with Crippen LogP contribution in [0.3, 0.4) is 0 Å². The Labute approximate surface area is 128 Å². The lowest BCUT2D eigenvalue weighted by atomic mass is 10.1. The highest BCUT2D eigenvalue weighted by Gasteiger charge is 2.14. The summed E-state index contributed by atoms with van der Waals surface area (Å²) in [5.41, 5.74) is 2.45. The van der Waals surface area contributed by atoms with Crippen LogP contribution in [0.15, 0.2) is 48.8 Å². The lowest BCUT2D eigenvalue weighted by molar-refractivity contribution is 0.0952. The summed E-state index contributed by atoms with van der Waals surface area (Å²) < 4.78 is 7.18. The number of nitrogens with zero attached hydrogens (tertiary/aromatic N) is 2. The molecule has 1 aromatic carbocycles. The Balaban J connectivity index is 1.87. The molecule has 112 valence electrons. The average Bonchev–Trinajstić information content (AvgIpc) is 2.90. The molecule has 22 heavy (non-hydrogen) atoms. The first-order valence-electron chi connectivity index (χ1n) is 7.00. The third kappa shape index (κ3) is 2.65. The fraction of sp³-hybridized carbons (Fsp3) is 0.176. The maximum atomic E-state index is 12.5. The van der Waals surface area contributed by atoms with Crippen molar-refractivity contribution >= 4 is 16.8 Å². The van der Waals surface area contributed by atoms with Crippen LogP contribution in [0.4, 0.5) is 0 Å². The standard InChI is InChI=1S/C17H17N3O2/c1-20-11-15(14-9-13(22-2)6-7-16(14)20)17(21)19-10-12-5-3-4-8-18-12/h3-9,11H,10H2,1-2H3,(H,19,21). The van der Waals surface area contributed by atoms with Gasteiger partial charge in [-0.3, -0.25) is 9.78 Å². The van der Waals surface area contributed by atoms with Gasteiger partial charge < -0.3 is 14.6 Å². The molecule has 0 spiro atoms. The molecule has 0 bridgehead atoms. The lowest BCUT2D eigenvalue weighted by Gasteiger charge is -2.04. The fourth-order valence-electron chi connectivity index (χ4n) is 2.45. The molecule has 0 atom stereocenters. The van der Waals surface area contributed by atoms with Crippen molar-refractivity contribution in [2.24, 2.45) is 7.05 Å². The molecule has 0 saturated heterocycles. The minimum atomic E-state index is -0.121. The van der Waals surface area contributed by atoms with E-state index >= 15 is 0 Å². The van der Waals surface area contributed by atoms with Crippen LogP contribution in [0.1, 0.15) is 16.1 Å². The number of fused-ring (bicyclic) bond motifs is 1. The zero-order chi connectivity index (χ0) is 15.5. The molecule has 0 unspecified atom stereocenters. The molecule has 0 saturated carbocycles. The molecule has 0 radical (unpaired) electrons.